The van der Waals surface area contributed by atoms with E-state index in [0.717, 1.165) is 27.1 Å². The Labute approximate surface area is 118 Å². The van der Waals surface area contributed by atoms with Gasteiger partial charge in [-0.15, -0.1) is 11.3 Å². The van der Waals surface area contributed by atoms with Gasteiger partial charge in [-0.3, -0.25) is 9.36 Å². The molecule has 4 nitrogen and oxygen atoms in total. The van der Waals surface area contributed by atoms with Crippen LogP contribution in [-0.2, 0) is 11.3 Å². The van der Waals surface area contributed by atoms with Crippen molar-refractivity contribution >= 4 is 34.7 Å². The molecule has 0 radical (unpaired) electrons. The van der Waals surface area contributed by atoms with Gasteiger partial charge in [0, 0.05) is 21.5 Å². The highest BCUT2D eigenvalue weighted by atomic mass is 32.1. The molecule has 0 aliphatic rings. The van der Waals surface area contributed by atoms with Gasteiger partial charge in [0.05, 0.1) is 6.54 Å². The number of aromatic nitrogens is 1. The van der Waals surface area contributed by atoms with Crippen LogP contribution in [0.1, 0.15) is 21.0 Å². The summed E-state index contributed by atoms with van der Waals surface area (Å²) in [5, 5.41) is 10.5. The van der Waals surface area contributed by atoms with E-state index in [1.165, 1.54) is 22.7 Å². The maximum absolute atomic E-state index is 11.8. The standard InChI is InChI=1S/C13H13NO3S2/c1-8-9(2)19-13(17)14(8)7-11-10(5-6-18-11)3-4-12(15)16/h3-6H,7H2,1-2H3,(H,15,16). The van der Waals surface area contributed by atoms with E-state index >= 15 is 0 Å². The largest absolute Gasteiger partial charge is 0.478 e. The summed E-state index contributed by atoms with van der Waals surface area (Å²) in [5.41, 5.74) is 1.82. The van der Waals surface area contributed by atoms with Crippen molar-refractivity contribution in [3.8, 4) is 0 Å². The Kier molecular flexibility index (Phi) is 4.01. The SMILES string of the molecule is Cc1sc(=O)n(Cc2sccc2C=CC(=O)O)c1C. The Bertz CT molecular complexity index is 691. The Hall–Kier alpha value is -1.66. The molecule has 0 aliphatic carbocycles. The van der Waals surface area contributed by atoms with Crippen molar-refractivity contribution in [2.24, 2.45) is 0 Å². The second kappa shape index (κ2) is 5.54. The number of carbonyl (C=O) groups is 1. The number of aliphatic carboxylic acids is 1. The summed E-state index contributed by atoms with van der Waals surface area (Å²) < 4.78 is 1.73. The molecule has 0 aromatic carbocycles. The molecule has 0 spiro atoms. The summed E-state index contributed by atoms with van der Waals surface area (Å²) in [5.74, 6) is -0.975. The van der Waals surface area contributed by atoms with Gasteiger partial charge in [-0.05, 0) is 36.9 Å². The number of carboxylic acids is 1. The van der Waals surface area contributed by atoms with Crippen molar-refractivity contribution in [3.63, 3.8) is 0 Å². The van der Waals surface area contributed by atoms with Crippen LogP contribution in [0.4, 0.5) is 0 Å². The molecule has 0 atom stereocenters. The van der Waals surface area contributed by atoms with Gasteiger partial charge in [0.15, 0.2) is 0 Å². The molecule has 0 aliphatic heterocycles. The monoisotopic (exact) mass is 295 g/mol. The second-order valence-electron chi connectivity index (χ2n) is 4.07. The lowest BCUT2D eigenvalue weighted by molar-refractivity contribution is -0.131. The van der Waals surface area contributed by atoms with Crippen molar-refractivity contribution in [1.82, 2.24) is 4.57 Å². The van der Waals surface area contributed by atoms with Gasteiger partial charge in [-0.2, -0.15) is 0 Å². The number of rotatable bonds is 4. The lowest BCUT2D eigenvalue weighted by Crippen LogP contribution is -2.15. The Morgan fingerprint density at radius 2 is 2.21 bits per heavy atom. The quantitative estimate of drug-likeness (QED) is 0.882. The van der Waals surface area contributed by atoms with Crippen LogP contribution >= 0.6 is 22.7 Å². The molecule has 0 fully saturated rings. The number of thiazole rings is 1. The summed E-state index contributed by atoms with van der Waals surface area (Å²) in [6.07, 6.45) is 2.67. The van der Waals surface area contributed by atoms with E-state index in [0.29, 0.717) is 6.54 Å². The van der Waals surface area contributed by atoms with E-state index in [2.05, 4.69) is 0 Å². The van der Waals surface area contributed by atoms with Crippen LogP contribution in [0.3, 0.4) is 0 Å². The van der Waals surface area contributed by atoms with E-state index in [9.17, 15) is 9.59 Å². The zero-order valence-corrected chi connectivity index (χ0v) is 12.2. The van der Waals surface area contributed by atoms with Crippen molar-refractivity contribution in [2.75, 3.05) is 0 Å². The summed E-state index contributed by atoms with van der Waals surface area (Å²) in [6, 6.07) is 1.86. The van der Waals surface area contributed by atoms with Gasteiger partial charge >= 0.3 is 10.8 Å². The first-order valence-corrected chi connectivity index (χ1v) is 7.33. The number of hydrogen-bond donors (Lipinski definition) is 1. The molecule has 0 unspecified atom stereocenters. The molecule has 2 aromatic rings. The summed E-state index contributed by atoms with van der Waals surface area (Å²) in [6.45, 7) is 4.34. The van der Waals surface area contributed by atoms with E-state index in [4.69, 9.17) is 5.11 Å². The van der Waals surface area contributed by atoms with E-state index in [-0.39, 0.29) is 4.87 Å². The minimum atomic E-state index is -0.975. The van der Waals surface area contributed by atoms with Crippen LogP contribution in [0.5, 0.6) is 0 Å². The molecule has 19 heavy (non-hydrogen) atoms. The molecule has 1 N–H and O–H groups in total. The van der Waals surface area contributed by atoms with Crippen LogP contribution in [-0.4, -0.2) is 15.6 Å². The number of carboxylic acid groups (broad SMARTS) is 1. The van der Waals surface area contributed by atoms with Gasteiger partial charge < -0.3 is 5.11 Å². The molecular weight excluding hydrogens is 282 g/mol. The molecule has 2 heterocycles. The van der Waals surface area contributed by atoms with E-state index < -0.39 is 5.97 Å². The van der Waals surface area contributed by atoms with Crippen molar-refractivity contribution in [2.45, 2.75) is 20.4 Å². The predicted octanol–water partition coefficient (Wildman–Crippen LogP) is 2.73. The van der Waals surface area contributed by atoms with Crippen LogP contribution < -0.4 is 4.87 Å². The Morgan fingerprint density at radius 1 is 1.47 bits per heavy atom. The topological polar surface area (TPSA) is 59.3 Å². The van der Waals surface area contributed by atoms with E-state index in [1.807, 2.05) is 25.3 Å². The van der Waals surface area contributed by atoms with Crippen LogP contribution in [0.25, 0.3) is 6.08 Å². The van der Waals surface area contributed by atoms with Gasteiger partial charge in [-0.25, -0.2) is 4.79 Å². The third-order valence-electron chi connectivity index (χ3n) is 2.86. The first-order chi connectivity index (χ1) is 8.99. The van der Waals surface area contributed by atoms with Crippen LogP contribution in [0.15, 0.2) is 22.3 Å². The zero-order chi connectivity index (χ0) is 14.0. The fraction of sp³-hybridized carbons (Fsp3) is 0.231. The summed E-state index contributed by atoms with van der Waals surface area (Å²) >= 11 is 2.77. The number of nitrogens with zero attached hydrogens (tertiary/aromatic N) is 1. The molecule has 6 heteroatoms. The maximum atomic E-state index is 11.8. The average molecular weight is 295 g/mol. The molecule has 2 rings (SSSR count). The average Bonchev–Trinajstić information content (AvgIpc) is 2.87. The molecule has 0 bridgehead atoms. The highest BCUT2D eigenvalue weighted by molar-refractivity contribution is 7.10. The molecular formula is C13H13NO3S2. The smallest absolute Gasteiger partial charge is 0.328 e. The lowest BCUT2D eigenvalue weighted by Gasteiger charge is -2.04. The zero-order valence-electron chi connectivity index (χ0n) is 10.5. The predicted molar refractivity (Wildman–Crippen MR) is 78.1 cm³/mol. The summed E-state index contributed by atoms with van der Waals surface area (Å²) in [7, 11) is 0. The van der Waals surface area contributed by atoms with Gasteiger partial charge in [0.25, 0.3) is 0 Å². The van der Waals surface area contributed by atoms with Gasteiger partial charge in [0.1, 0.15) is 0 Å². The third-order valence-corrected chi connectivity index (χ3v) is 4.78. The minimum absolute atomic E-state index is 0.0246. The fourth-order valence-electron chi connectivity index (χ4n) is 1.70. The second-order valence-corrected chi connectivity index (χ2v) is 6.23. The number of thiophene rings is 1. The highest BCUT2D eigenvalue weighted by Crippen LogP contribution is 2.21. The van der Waals surface area contributed by atoms with Crippen molar-refractivity contribution in [3.05, 3.63) is 48.2 Å². The lowest BCUT2D eigenvalue weighted by atomic mass is 10.2. The third kappa shape index (κ3) is 3.02. The molecule has 0 amide bonds. The molecule has 100 valence electrons. The van der Waals surface area contributed by atoms with Crippen molar-refractivity contribution < 1.29 is 9.90 Å². The number of aryl methyl sites for hydroxylation is 1. The number of hydrogen-bond acceptors (Lipinski definition) is 4. The Balaban J connectivity index is 2.32. The van der Waals surface area contributed by atoms with Gasteiger partial charge in [0.2, 0.25) is 0 Å². The van der Waals surface area contributed by atoms with Crippen LogP contribution in [0, 0.1) is 13.8 Å². The molecule has 0 saturated carbocycles. The molecule has 2 aromatic heterocycles. The van der Waals surface area contributed by atoms with E-state index in [1.54, 1.807) is 10.6 Å². The molecule has 0 saturated heterocycles. The first-order valence-electron chi connectivity index (χ1n) is 5.63. The highest BCUT2D eigenvalue weighted by Gasteiger charge is 2.10. The maximum Gasteiger partial charge on any atom is 0.328 e. The minimum Gasteiger partial charge on any atom is -0.478 e. The van der Waals surface area contributed by atoms with Crippen molar-refractivity contribution in [1.29, 1.82) is 0 Å². The fourth-order valence-corrected chi connectivity index (χ4v) is 3.39. The summed E-state index contributed by atoms with van der Waals surface area (Å²) in [4.78, 5) is 24.4. The Morgan fingerprint density at radius 3 is 2.79 bits per heavy atom. The van der Waals surface area contributed by atoms with Gasteiger partial charge in [-0.1, -0.05) is 11.3 Å². The normalized spacial score (nSPS) is 11.3. The van der Waals surface area contributed by atoms with Crippen LogP contribution in [0.2, 0.25) is 0 Å². The first kappa shape index (κ1) is 13.8.